The topological polar surface area (TPSA) is 41.6 Å². The molecular weight excluding hydrogens is 380 g/mol. The molecule has 2 bridgehead atoms. The minimum Gasteiger partial charge on any atom is -0.467 e. The van der Waals surface area contributed by atoms with E-state index in [-0.39, 0.29) is 12.1 Å². The zero-order valence-electron chi connectivity index (χ0n) is 12.3. The van der Waals surface area contributed by atoms with Gasteiger partial charge in [0, 0.05) is 21.5 Å². The molecule has 1 fully saturated rings. The first kappa shape index (κ1) is 14.8. The minimum atomic E-state index is -0.741. The van der Waals surface area contributed by atoms with Crippen LogP contribution in [0.2, 0.25) is 5.02 Å². The lowest BCUT2D eigenvalue weighted by Gasteiger charge is -2.50. The molecule has 2 heterocycles. The molecule has 0 radical (unpaired) electrons. The van der Waals surface area contributed by atoms with Crippen LogP contribution in [0.15, 0.2) is 46.9 Å². The van der Waals surface area contributed by atoms with E-state index in [1.807, 2.05) is 43.3 Å². The van der Waals surface area contributed by atoms with Crippen molar-refractivity contribution in [1.82, 2.24) is 5.32 Å². The summed E-state index contributed by atoms with van der Waals surface area (Å²) in [4.78, 5) is 14.4. The van der Waals surface area contributed by atoms with Crippen molar-refractivity contribution in [3.8, 4) is 5.75 Å². The highest BCUT2D eigenvalue weighted by Gasteiger charge is 2.49. The summed E-state index contributed by atoms with van der Waals surface area (Å²) in [5, 5.41) is 3.70. The van der Waals surface area contributed by atoms with Gasteiger partial charge in [-0.15, -0.1) is 0 Å². The molecule has 0 spiro atoms. The summed E-state index contributed by atoms with van der Waals surface area (Å²) in [6.45, 7) is 1.94. The molecule has 4 nitrogen and oxygen atoms in total. The Kier molecular flexibility index (Phi) is 3.32. The number of hydrogen-bond acceptors (Lipinski definition) is 2. The molecule has 2 aliphatic heterocycles. The number of hydrogen-bond donors (Lipinski definition) is 1. The number of nitrogens with zero attached hydrogens (tertiary/aromatic N) is 1. The van der Waals surface area contributed by atoms with E-state index in [0.717, 1.165) is 21.5 Å². The molecule has 4 rings (SSSR count). The van der Waals surface area contributed by atoms with E-state index in [9.17, 15) is 4.79 Å². The third-order valence-corrected chi connectivity index (χ3v) is 5.03. The molecule has 2 aromatic rings. The Morgan fingerprint density at radius 3 is 2.96 bits per heavy atom. The molecule has 2 aliphatic rings. The van der Waals surface area contributed by atoms with Crippen molar-refractivity contribution >= 4 is 39.2 Å². The first-order valence-corrected chi connectivity index (χ1v) is 8.48. The van der Waals surface area contributed by atoms with Crippen molar-refractivity contribution in [1.29, 1.82) is 0 Å². The predicted octanol–water partition coefficient (Wildman–Crippen LogP) is 4.87. The molecule has 0 unspecified atom stereocenters. The summed E-state index contributed by atoms with van der Waals surface area (Å²) in [6.07, 6.45) is 0.651. The highest BCUT2D eigenvalue weighted by molar-refractivity contribution is 9.10. The second-order valence-electron chi connectivity index (χ2n) is 5.98. The first-order valence-electron chi connectivity index (χ1n) is 7.31. The van der Waals surface area contributed by atoms with E-state index in [1.165, 1.54) is 0 Å². The number of urea groups is 1. The van der Waals surface area contributed by atoms with Crippen LogP contribution >= 0.6 is 27.5 Å². The van der Waals surface area contributed by atoms with Gasteiger partial charge in [0.2, 0.25) is 0 Å². The van der Waals surface area contributed by atoms with E-state index in [0.29, 0.717) is 11.4 Å². The average Bonchev–Trinajstić information content (AvgIpc) is 2.47. The fourth-order valence-electron chi connectivity index (χ4n) is 3.35. The van der Waals surface area contributed by atoms with E-state index in [4.69, 9.17) is 16.3 Å². The van der Waals surface area contributed by atoms with Gasteiger partial charge in [0.1, 0.15) is 5.75 Å². The van der Waals surface area contributed by atoms with Crippen molar-refractivity contribution in [2.24, 2.45) is 0 Å². The van der Waals surface area contributed by atoms with Gasteiger partial charge in [-0.1, -0.05) is 33.6 Å². The second-order valence-corrected chi connectivity index (χ2v) is 7.33. The van der Waals surface area contributed by atoms with Crippen LogP contribution < -0.4 is 15.0 Å². The van der Waals surface area contributed by atoms with Crippen LogP contribution in [0.1, 0.15) is 24.9 Å². The number of fused-ring (bicyclic) bond motifs is 4. The van der Waals surface area contributed by atoms with Crippen LogP contribution in [0.5, 0.6) is 5.75 Å². The molecule has 0 saturated carbocycles. The Balaban J connectivity index is 1.81. The number of carbonyl (C=O) groups is 1. The number of anilines is 1. The van der Waals surface area contributed by atoms with Gasteiger partial charge in [-0.25, -0.2) is 4.79 Å². The summed E-state index contributed by atoms with van der Waals surface area (Å²) in [5.41, 5.74) is 0.974. The van der Waals surface area contributed by atoms with Crippen LogP contribution in [-0.4, -0.2) is 11.8 Å². The average molecular weight is 394 g/mol. The summed E-state index contributed by atoms with van der Waals surface area (Å²) in [7, 11) is 0. The van der Waals surface area contributed by atoms with Crippen molar-refractivity contribution < 1.29 is 9.53 Å². The second kappa shape index (κ2) is 5.14. The monoisotopic (exact) mass is 392 g/mol. The lowest BCUT2D eigenvalue weighted by molar-refractivity contribution is 0.0379. The molecule has 2 atom stereocenters. The number of halogens is 2. The normalized spacial score (nSPS) is 25.4. The summed E-state index contributed by atoms with van der Waals surface area (Å²) >= 11 is 9.54. The maximum atomic E-state index is 12.7. The zero-order chi connectivity index (χ0) is 16.2. The lowest BCUT2D eigenvalue weighted by Crippen LogP contribution is -2.65. The van der Waals surface area contributed by atoms with Crippen LogP contribution in [0, 0.1) is 0 Å². The molecule has 2 aromatic carbocycles. The number of nitrogens with one attached hydrogen (secondary N) is 1. The minimum absolute atomic E-state index is 0.0987. The third kappa shape index (κ3) is 2.39. The molecule has 0 aromatic heterocycles. The number of amides is 2. The Morgan fingerprint density at radius 2 is 2.17 bits per heavy atom. The molecule has 1 N–H and O–H groups in total. The Bertz CT molecular complexity index is 813. The van der Waals surface area contributed by atoms with E-state index < -0.39 is 5.72 Å². The summed E-state index contributed by atoms with van der Waals surface area (Å²) < 4.78 is 7.13. The van der Waals surface area contributed by atoms with Gasteiger partial charge in [-0.3, -0.25) is 4.90 Å². The number of benzene rings is 2. The van der Waals surface area contributed by atoms with Crippen molar-refractivity contribution in [2.75, 3.05) is 4.90 Å². The smallest absolute Gasteiger partial charge is 0.325 e. The Labute approximate surface area is 147 Å². The maximum absolute atomic E-state index is 12.7. The van der Waals surface area contributed by atoms with Gasteiger partial charge in [0.15, 0.2) is 5.72 Å². The van der Waals surface area contributed by atoms with Gasteiger partial charge in [-0.2, -0.15) is 0 Å². The highest BCUT2D eigenvalue weighted by Crippen LogP contribution is 2.46. The van der Waals surface area contributed by atoms with Gasteiger partial charge in [0.05, 0.1) is 11.7 Å². The quantitative estimate of drug-likeness (QED) is 0.751. The van der Waals surface area contributed by atoms with Crippen molar-refractivity contribution in [3.05, 3.63) is 57.5 Å². The number of carbonyl (C=O) groups excluding carboxylic acids is 1. The van der Waals surface area contributed by atoms with Crippen molar-refractivity contribution in [2.45, 2.75) is 25.1 Å². The largest absolute Gasteiger partial charge is 0.467 e. The number of rotatable bonds is 1. The van der Waals surface area contributed by atoms with Gasteiger partial charge in [-0.05, 0) is 43.3 Å². The van der Waals surface area contributed by atoms with E-state index in [1.54, 1.807) is 11.0 Å². The highest BCUT2D eigenvalue weighted by atomic mass is 79.9. The fourth-order valence-corrected chi connectivity index (χ4v) is 3.92. The standard InChI is InChI=1S/C17H14BrClN2O2/c1-17-9-14(13-8-11(19)5-6-15(13)23-17)20-16(22)21(17)12-4-2-3-10(18)7-12/h2-8,14H,9H2,1H3,(H,20,22)/t14-,17-/m1/s1. The number of ether oxygens (including phenoxy) is 1. The Hall–Kier alpha value is -1.72. The molecular formula is C17H14BrClN2O2. The molecule has 1 saturated heterocycles. The van der Waals surface area contributed by atoms with Crippen LogP contribution in [0.4, 0.5) is 10.5 Å². The molecule has 0 aliphatic carbocycles. The molecule has 2 amide bonds. The SMILES string of the molecule is C[C@@]12C[C@@H](NC(=O)N1c1cccc(Br)c1)c1cc(Cl)ccc1O2. The molecule has 6 heteroatoms. The van der Waals surface area contributed by atoms with Gasteiger partial charge in [0.25, 0.3) is 0 Å². The Morgan fingerprint density at radius 1 is 1.35 bits per heavy atom. The molecule has 23 heavy (non-hydrogen) atoms. The summed E-state index contributed by atoms with van der Waals surface area (Å²) in [6, 6.07) is 12.9. The summed E-state index contributed by atoms with van der Waals surface area (Å²) in [5.74, 6) is 0.758. The first-order chi connectivity index (χ1) is 11.0. The van der Waals surface area contributed by atoms with Crippen molar-refractivity contribution in [3.63, 3.8) is 0 Å². The molecule has 118 valence electrons. The van der Waals surface area contributed by atoms with Crippen LogP contribution in [-0.2, 0) is 0 Å². The maximum Gasteiger partial charge on any atom is 0.325 e. The fraction of sp³-hybridized carbons (Fsp3) is 0.235. The third-order valence-electron chi connectivity index (χ3n) is 4.30. The van der Waals surface area contributed by atoms with E-state index in [2.05, 4.69) is 21.2 Å². The van der Waals surface area contributed by atoms with Gasteiger partial charge < -0.3 is 10.1 Å². The van der Waals surface area contributed by atoms with Crippen LogP contribution in [0.25, 0.3) is 0 Å². The van der Waals surface area contributed by atoms with Crippen LogP contribution in [0.3, 0.4) is 0 Å². The van der Waals surface area contributed by atoms with E-state index >= 15 is 0 Å². The predicted molar refractivity (Wildman–Crippen MR) is 93.0 cm³/mol. The lowest BCUT2D eigenvalue weighted by atomic mass is 9.90. The zero-order valence-corrected chi connectivity index (χ0v) is 14.7. The van der Waals surface area contributed by atoms with Gasteiger partial charge >= 0.3 is 6.03 Å².